The van der Waals surface area contributed by atoms with Gasteiger partial charge in [-0.3, -0.25) is 0 Å². The molecule has 0 fully saturated rings. The normalized spacial score (nSPS) is 13.0. The second-order valence-electron chi connectivity index (χ2n) is 3.41. The van der Waals surface area contributed by atoms with E-state index in [0.29, 0.717) is 0 Å². The molecular formula is C9H3F9O4. The van der Waals surface area contributed by atoms with Gasteiger partial charge in [-0.05, 0) is 0 Å². The first-order chi connectivity index (χ1) is 9.66. The first kappa shape index (κ1) is 17.8. The molecule has 1 aromatic rings. The molecule has 0 radical (unpaired) electrons. The van der Waals surface area contributed by atoms with Crippen LogP contribution in [-0.2, 0) is 0 Å². The molecule has 0 bridgehead atoms. The maximum Gasteiger partial charge on any atom is 0.573 e. The average molecular weight is 346 g/mol. The largest absolute Gasteiger partial charge is 0.573 e. The number of phenols is 1. The zero-order chi connectivity index (χ0) is 17.3. The maximum atomic E-state index is 12.1. The van der Waals surface area contributed by atoms with E-state index < -0.39 is 42.1 Å². The van der Waals surface area contributed by atoms with Gasteiger partial charge in [0.2, 0.25) is 5.75 Å². The minimum Gasteiger partial charge on any atom is -0.508 e. The number of rotatable bonds is 3. The van der Waals surface area contributed by atoms with Crippen molar-refractivity contribution in [2.75, 3.05) is 0 Å². The second-order valence-corrected chi connectivity index (χ2v) is 3.41. The highest BCUT2D eigenvalue weighted by Crippen LogP contribution is 2.46. The van der Waals surface area contributed by atoms with Gasteiger partial charge in [-0.1, -0.05) is 0 Å². The number of halogens is 9. The molecule has 1 N–H and O–H groups in total. The molecule has 126 valence electrons. The quantitative estimate of drug-likeness (QED) is 0.838. The molecule has 0 aromatic heterocycles. The van der Waals surface area contributed by atoms with Crippen molar-refractivity contribution in [3.8, 4) is 23.0 Å². The fourth-order valence-electron chi connectivity index (χ4n) is 1.18. The van der Waals surface area contributed by atoms with E-state index >= 15 is 0 Å². The van der Waals surface area contributed by atoms with Crippen LogP contribution in [0, 0.1) is 0 Å². The van der Waals surface area contributed by atoms with Crippen molar-refractivity contribution in [1.29, 1.82) is 0 Å². The van der Waals surface area contributed by atoms with Crippen molar-refractivity contribution >= 4 is 0 Å². The van der Waals surface area contributed by atoms with Gasteiger partial charge in [-0.25, -0.2) is 0 Å². The van der Waals surface area contributed by atoms with Gasteiger partial charge in [0.15, 0.2) is 11.5 Å². The van der Waals surface area contributed by atoms with E-state index in [0.717, 1.165) is 0 Å². The van der Waals surface area contributed by atoms with Crippen molar-refractivity contribution in [3.05, 3.63) is 12.1 Å². The van der Waals surface area contributed by atoms with Crippen molar-refractivity contribution in [2.24, 2.45) is 0 Å². The Kier molecular flexibility index (Phi) is 4.49. The number of phenolic OH excluding ortho intramolecular Hbond substituents is 1. The Balaban J connectivity index is 3.40. The standard InChI is InChI=1S/C9H3F9O4/c10-7(11,12)20-4-1-3(19)2-5(21-8(13,14)15)6(4)22-9(16,17)18/h1-2,19H. The van der Waals surface area contributed by atoms with Crippen molar-refractivity contribution in [3.63, 3.8) is 0 Å². The van der Waals surface area contributed by atoms with Gasteiger partial charge < -0.3 is 19.3 Å². The highest BCUT2D eigenvalue weighted by molar-refractivity contribution is 5.55. The second kappa shape index (κ2) is 5.53. The maximum absolute atomic E-state index is 12.1. The molecule has 1 rings (SSSR count). The zero-order valence-corrected chi connectivity index (χ0v) is 9.73. The monoisotopic (exact) mass is 346 g/mol. The summed E-state index contributed by atoms with van der Waals surface area (Å²) in [5.41, 5.74) is 0. The molecule has 22 heavy (non-hydrogen) atoms. The van der Waals surface area contributed by atoms with Crippen LogP contribution in [0.2, 0.25) is 0 Å². The molecule has 0 aliphatic rings. The summed E-state index contributed by atoms with van der Waals surface area (Å²) in [6.07, 6.45) is -16.8. The average Bonchev–Trinajstić information content (AvgIpc) is 2.16. The number of aromatic hydroxyl groups is 1. The lowest BCUT2D eigenvalue weighted by Gasteiger charge is -2.19. The number of hydrogen-bond acceptors (Lipinski definition) is 4. The molecule has 0 atom stereocenters. The van der Waals surface area contributed by atoms with Gasteiger partial charge in [0.05, 0.1) is 0 Å². The number of hydrogen-bond donors (Lipinski definition) is 1. The fourth-order valence-corrected chi connectivity index (χ4v) is 1.18. The topological polar surface area (TPSA) is 47.9 Å². The number of benzene rings is 1. The van der Waals surface area contributed by atoms with Gasteiger partial charge in [0, 0.05) is 12.1 Å². The molecule has 0 saturated heterocycles. The first-order valence-electron chi connectivity index (χ1n) is 4.80. The SMILES string of the molecule is Oc1cc(OC(F)(F)F)c(OC(F)(F)F)c(OC(F)(F)F)c1. The lowest BCUT2D eigenvalue weighted by molar-refractivity contribution is -0.293. The van der Waals surface area contributed by atoms with Gasteiger partial charge in [-0.15, -0.1) is 39.5 Å². The summed E-state index contributed by atoms with van der Waals surface area (Å²) in [7, 11) is 0. The van der Waals surface area contributed by atoms with Crippen LogP contribution in [0.25, 0.3) is 0 Å². The van der Waals surface area contributed by atoms with Gasteiger partial charge >= 0.3 is 19.1 Å². The number of alkyl halides is 9. The molecule has 1 aromatic carbocycles. The van der Waals surface area contributed by atoms with Crippen molar-refractivity contribution in [2.45, 2.75) is 19.1 Å². The first-order valence-corrected chi connectivity index (χ1v) is 4.80. The van der Waals surface area contributed by atoms with Crippen molar-refractivity contribution < 1.29 is 58.8 Å². The molecule has 13 heteroatoms. The molecule has 0 spiro atoms. The molecule has 0 saturated carbocycles. The van der Waals surface area contributed by atoms with Crippen LogP contribution in [0.4, 0.5) is 39.5 Å². The predicted molar refractivity (Wildman–Crippen MR) is 48.2 cm³/mol. The summed E-state index contributed by atoms with van der Waals surface area (Å²) in [6, 6.07) is -0.0599. The van der Waals surface area contributed by atoms with Gasteiger partial charge in [0.25, 0.3) is 0 Å². The molecule has 0 aliphatic heterocycles. The summed E-state index contributed by atoms with van der Waals surface area (Å²) in [5.74, 6) is -7.08. The Labute approximate surface area is 114 Å². The predicted octanol–water partition coefficient (Wildman–Crippen LogP) is 4.09. The third-order valence-corrected chi connectivity index (χ3v) is 1.67. The number of ether oxygens (including phenoxy) is 3. The van der Waals surface area contributed by atoms with Crippen LogP contribution in [0.3, 0.4) is 0 Å². The third kappa shape index (κ3) is 6.05. The Morgan fingerprint density at radius 1 is 0.636 bits per heavy atom. The Morgan fingerprint density at radius 2 is 0.955 bits per heavy atom. The van der Waals surface area contributed by atoms with E-state index in [2.05, 4.69) is 14.2 Å². The lowest BCUT2D eigenvalue weighted by Crippen LogP contribution is -2.23. The van der Waals surface area contributed by atoms with E-state index in [1.807, 2.05) is 0 Å². The van der Waals surface area contributed by atoms with Crippen LogP contribution >= 0.6 is 0 Å². The van der Waals surface area contributed by atoms with E-state index in [4.69, 9.17) is 5.11 Å². The van der Waals surface area contributed by atoms with Gasteiger partial charge in [-0.2, -0.15) is 0 Å². The minimum absolute atomic E-state index is 0.0300. The highest BCUT2D eigenvalue weighted by atomic mass is 19.4. The van der Waals surface area contributed by atoms with Crippen LogP contribution in [-0.4, -0.2) is 24.2 Å². The Morgan fingerprint density at radius 3 is 1.23 bits per heavy atom. The van der Waals surface area contributed by atoms with Crippen LogP contribution in [0.15, 0.2) is 12.1 Å². The summed E-state index contributed by atoms with van der Waals surface area (Å²) in [5, 5.41) is 8.98. The smallest absolute Gasteiger partial charge is 0.508 e. The zero-order valence-electron chi connectivity index (χ0n) is 9.73. The molecule has 4 nitrogen and oxygen atoms in total. The summed E-state index contributed by atoms with van der Waals surface area (Å²) in [4.78, 5) is 0. The fraction of sp³-hybridized carbons (Fsp3) is 0.333. The lowest BCUT2D eigenvalue weighted by atomic mass is 10.2. The molecular weight excluding hydrogens is 343 g/mol. The van der Waals surface area contributed by atoms with E-state index in [1.54, 1.807) is 0 Å². The van der Waals surface area contributed by atoms with E-state index in [1.165, 1.54) is 0 Å². The molecule has 0 aliphatic carbocycles. The van der Waals surface area contributed by atoms with Crippen LogP contribution in [0.1, 0.15) is 0 Å². The van der Waals surface area contributed by atoms with Gasteiger partial charge in [0.1, 0.15) is 5.75 Å². The highest BCUT2D eigenvalue weighted by Gasteiger charge is 2.41. The molecule has 0 unspecified atom stereocenters. The Bertz CT molecular complexity index is 494. The van der Waals surface area contributed by atoms with Crippen LogP contribution < -0.4 is 14.2 Å². The Hall–Kier alpha value is -2.21. The minimum atomic E-state index is -5.65. The molecule has 0 amide bonds. The molecule has 0 heterocycles. The van der Waals surface area contributed by atoms with Crippen LogP contribution in [0.5, 0.6) is 23.0 Å². The van der Waals surface area contributed by atoms with E-state index in [9.17, 15) is 39.5 Å². The summed E-state index contributed by atoms with van der Waals surface area (Å²) < 4.78 is 118. The van der Waals surface area contributed by atoms with E-state index in [-0.39, 0.29) is 12.1 Å². The summed E-state index contributed by atoms with van der Waals surface area (Å²) in [6.45, 7) is 0. The third-order valence-electron chi connectivity index (χ3n) is 1.67. The van der Waals surface area contributed by atoms with Crippen molar-refractivity contribution in [1.82, 2.24) is 0 Å². The summed E-state index contributed by atoms with van der Waals surface area (Å²) >= 11 is 0.